The van der Waals surface area contributed by atoms with Gasteiger partial charge in [-0.2, -0.15) is 0 Å². The fourth-order valence-corrected chi connectivity index (χ4v) is 2.81. The van der Waals surface area contributed by atoms with Crippen molar-refractivity contribution >= 4 is 27.6 Å². The summed E-state index contributed by atoms with van der Waals surface area (Å²) in [5.41, 5.74) is 2.16. The van der Waals surface area contributed by atoms with Crippen molar-refractivity contribution in [1.82, 2.24) is 5.32 Å². The number of anilines is 1. The second-order valence-electron chi connectivity index (χ2n) is 4.50. The number of fused-ring (bicyclic) bond motifs is 1. The SMILES string of the molecule is O=C1Nc2ccc(Br)cc2C(C2CCC2)N1. The van der Waals surface area contributed by atoms with Crippen molar-refractivity contribution in [3.8, 4) is 0 Å². The first-order chi connectivity index (χ1) is 7.74. The van der Waals surface area contributed by atoms with Crippen LogP contribution in [0.1, 0.15) is 30.9 Å². The van der Waals surface area contributed by atoms with Crippen LogP contribution in [0.4, 0.5) is 10.5 Å². The average molecular weight is 281 g/mol. The molecule has 1 aliphatic heterocycles. The van der Waals surface area contributed by atoms with E-state index in [2.05, 4.69) is 32.6 Å². The molecule has 84 valence electrons. The van der Waals surface area contributed by atoms with Crippen LogP contribution < -0.4 is 10.6 Å². The van der Waals surface area contributed by atoms with Gasteiger partial charge in [-0.25, -0.2) is 4.79 Å². The molecule has 1 atom stereocenters. The fourth-order valence-electron chi connectivity index (χ4n) is 2.43. The van der Waals surface area contributed by atoms with E-state index in [1.54, 1.807) is 0 Å². The van der Waals surface area contributed by atoms with Crippen LogP contribution in [0.15, 0.2) is 22.7 Å². The minimum Gasteiger partial charge on any atom is -0.331 e. The number of halogens is 1. The summed E-state index contributed by atoms with van der Waals surface area (Å²) in [6.45, 7) is 0. The Labute approximate surface area is 103 Å². The first-order valence-corrected chi connectivity index (χ1v) is 6.40. The van der Waals surface area contributed by atoms with Gasteiger partial charge in [0.2, 0.25) is 0 Å². The van der Waals surface area contributed by atoms with Crippen molar-refractivity contribution in [2.45, 2.75) is 25.3 Å². The molecule has 2 amide bonds. The number of carbonyl (C=O) groups is 1. The fraction of sp³-hybridized carbons (Fsp3) is 0.417. The van der Waals surface area contributed by atoms with Gasteiger partial charge < -0.3 is 10.6 Å². The third-order valence-electron chi connectivity index (χ3n) is 3.50. The van der Waals surface area contributed by atoms with E-state index >= 15 is 0 Å². The van der Waals surface area contributed by atoms with Crippen molar-refractivity contribution in [2.75, 3.05) is 5.32 Å². The van der Waals surface area contributed by atoms with Gasteiger partial charge in [-0.05, 0) is 42.5 Å². The summed E-state index contributed by atoms with van der Waals surface area (Å²) in [7, 11) is 0. The number of rotatable bonds is 1. The highest BCUT2D eigenvalue weighted by Gasteiger charge is 2.34. The molecule has 16 heavy (non-hydrogen) atoms. The summed E-state index contributed by atoms with van der Waals surface area (Å²) in [5.74, 6) is 0.610. The highest BCUT2D eigenvalue weighted by molar-refractivity contribution is 9.10. The van der Waals surface area contributed by atoms with Crippen LogP contribution in [0.25, 0.3) is 0 Å². The van der Waals surface area contributed by atoms with E-state index in [9.17, 15) is 4.79 Å². The van der Waals surface area contributed by atoms with E-state index in [4.69, 9.17) is 0 Å². The molecule has 1 aliphatic carbocycles. The van der Waals surface area contributed by atoms with E-state index in [0.29, 0.717) is 5.92 Å². The van der Waals surface area contributed by atoms with Crippen LogP contribution >= 0.6 is 15.9 Å². The molecule has 1 heterocycles. The van der Waals surface area contributed by atoms with Gasteiger partial charge in [-0.1, -0.05) is 22.4 Å². The second kappa shape index (κ2) is 3.77. The molecule has 1 fully saturated rings. The van der Waals surface area contributed by atoms with Gasteiger partial charge in [0.1, 0.15) is 0 Å². The largest absolute Gasteiger partial charge is 0.331 e. The molecule has 1 aromatic rings. The van der Waals surface area contributed by atoms with Gasteiger partial charge >= 0.3 is 6.03 Å². The minimum atomic E-state index is -0.0771. The normalized spacial score (nSPS) is 24.1. The zero-order valence-corrected chi connectivity index (χ0v) is 10.4. The van der Waals surface area contributed by atoms with E-state index in [1.165, 1.54) is 24.8 Å². The Kier molecular flexibility index (Phi) is 2.39. The van der Waals surface area contributed by atoms with Gasteiger partial charge in [0.15, 0.2) is 0 Å². The smallest absolute Gasteiger partial charge is 0.319 e. The highest BCUT2D eigenvalue weighted by Crippen LogP contribution is 2.42. The number of urea groups is 1. The Hall–Kier alpha value is -1.03. The first kappa shape index (κ1) is 10.1. The van der Waals surface area contributed by atoms with Gasteiger partial charge in [0.05, 0.1) is 6.04 Å². The van der Waals surface area contributed by atoms with E-state index < -0.39 is 0 Å². The third-order valence-corrected chi connectivity index (χ3v) is 4.00. The molecule has 2 aliphatic rings. The molecule has 0 aromatic heterocycles. The van der Waals surface area contributed by atoms with Crippen LogP contribution in [0, 0.1) is 5.92 Å². The summed E-state index contributed by atoms with van der Waals surface area (Å²) in [6.07, 6.45) is 3.72. The van der Waals surface area contributed by atoms with Gasteiger partial charge in [-0.15, -0.1) is 0 Å². The van der Waals surface area contributed by atoms with Crippen molar-refractivity contribution < 1.29 is 4.79 Å². The molecule has 3 nitrogen and oxygen atoms in total. The minimum absolute atomic E-state index is 0.0771. The Balaban J connectivity index is 2.01. The summed E-state index contributed by atoms with van der Waals surface area (Å²) < 4.78 is 1.06. The number of amides is 2. The maximum atomic E-state index is 11.5. The van der Waals surface area contributed by atoms with Gasteiger partial charge in [0.25, 0.3) is 0 Å². The monoisotopic (exact) mass is 280 g/mol. The third kappa shape index (κ3) is 1.61. The van der Waals surface area contributed by atoms with Crippen LogP contribution in [-0.4, -0.2) is 6.03 Å². The van der Waals surface area contributed by atoms with Crippen LogP contribution in [0.2, 0.25) is 0 Å². The molecule has 4 heteroatoms. The lowest BCUT2D eigenvalue weighted by Gasteiger charge is -2.38. The standard InChI is InChI=1S/C12H13BrN2O/c13-8-4-5-10-9(6-8)11(7-2-1-3-7)15-12(16)14-10/h4-7,11H,1-3H2,(H2,14,15,16). The Morgan fingerprint density at radius 2 is 2.12 bits per heavy atom. The first-order valence-electron chi connectivity index (χ1n) is 5.61. The lowest BCUT2D eigenvalue weighted by atomic mass is 9.76. The van der Waals surface area contributed by atoms with Crippen LogP contribution in [0.5, 0.6) is 0 Å². The zero-order valence-electron chi connectivity index (χ0n) is 8.79. The van der Waals surface area contributed by atoms with E-state index in [0.717, 1.165) is 10.2 Å². The molecule has 1 aromatic carbocycles. The lowest BCUT2D eigenvalue weighted by molar-refractivity contribution is 0.213. The number of nitrogens with one attached hydrogen (secondary N) is 2. The molecule has 3 rings (SSSR count). The summed E-state index contributed by atoms with van der Waals surface area (Å²) >= 11 is 3.48. The second-order valence-corrected chi connectivity index (χ2v) is 5.41. The number of hydrogen-bond donors (Lipinski definition) is 2. The predicted octanol–water partition coefficient (Wildman–Crippen LogP) is 3.43. The maximum absolute atomic E-state index is 11.5. The predicted molar refractivity (Wildman–Crippen MR) is 66.4 cm³/mol. The van der Waals surface area contributed by atoms with E-state index in [1.807, 2.05) is 12.1 Å². The Bertz CT molecular complexity index is 443. The molecule has 0 bridgehead atoms. The molecule has 2 N–H and O–H groups in total. The van der Waals surface area contributed by atoms with Crippen molar-refractivity contribution in [3.05, 3.63) is 28.2 Å². The summed E-state index contributed by atoms with van der Waals surface area (Å²) in [4.78, 5) is 11.5. The van der Waals surface area contributed by atoms with Gasteiger partial charge in [0, 0.05) is 10.2 Å². The molecule has 0 saturated heterocycles. The topological polar surface area (TPSA) is 41.1 Å². The molecule has 0 radical (unpaired) electrons. The maximum Gasteiger partial charge on any atom is 0.319 e. The Morgan fingerprint density at radius 3 is 2.81 bits per heavy atom. The molecular formula is C12H13BrN2O. The van der Waals surface area contributed by atoms with Crippen molar-refractivity contribution in [3.63, 3.8) is 0 Å². The Morgan fingerprint density at radius 1 is 1.31 bits per heavy atom. The molecule has 1 saturated carbocycles. The molecule has 0 spiro atoms. The summed E-state index contributed by atoms with van der Waals surface area (Å²) in [5, 5.41) is 5.88. The van der Waals surface area contributed by atoms with Crippen molar-refractivity contribution in [1.29, 1.82) is 0 Å². The van der Waals surface area contributed by atoms with Crippen LogP contribution in [0.3, 0.4) is 0 Å². The number of carbonyl (C=O) groups excluding carboxylic acids is 1. The number of hydrogen-bond acceptors (Lipinski definition) is 1. The molecular weight excluding hydrogens is 268 g/mol. The average Bonchev–Trinajstić information content (AvgIpc) is 2.16. The zero-order chi connectivity index (χ0) is 11.1. The highest BCUT2D eigenvalue weighted by atomic mass is 79.9. The van der Waals surface area contributed by atoms with E-state index in [-0.39, 0.29) is 12.1 Å². The lowest BCUT2D eigenvalue weighted by Crippen LogP contribution is -2.42. The quantitative estimate of drug-likeness (QED) is 0.813. The summed E-state index contributed by atoms with van der Waals surface area (Å²) in [6, 6.07) is 6.14. The number of benzene rings is 1. The van der Waals surface area contributed by atoms with Crippen LogP contribution in [-0.2, 0) is 0 Å². The van der Waals surface area contributed by atoms with Gasteiger partial charge in [-0.3, -0.25) is 0 Å². The van der Waals surface area contributed by atoms with Crippen molar-refractivity contribution in [2.24, 2.45) is 5.92 Å². The molecule has 1 unspecified atom stereocenters.